The molecule has 1 aliphatic rings. The molecule has 2 rings (SSSR count). The van der Waals surface area contributed by atoms with Gasteiger partial charge in [0, 0.05) is 32.3 Å². The number of halogens is 2. The number of nitrogens with zero attached hydrogens (tertiary/aromatic N) is 2. The van der Waals surface area contributed by atoms with Gasteiger partial charge in [-0.05, 0) is 18.9 Å². The predicted molar refractivity (Wildman–Crippen MR) is 83.5 cm³/mol. The lowest BCUT2D eigenvalue weighted by Crippen LogP contribution is -2.30. The first-order valence-electron chi connectivity index (χ1n) is 8.00. The Bertz CT molecular complexity index is 553. The zero-order valence-electron chi connectivity index (χ0n) is 13.9. The van der Waals surface area contributed by atoms with Gasteiger partial charge < -0.3 is 4.90 Å². The van der Waals surface area contributed by atoms with Gasteiger partial charge in [0.1, 0.15) is 11.6 Å². The van der Waals surface area contributed by atoms with Gasteiger partial charge in [-0.1, -0.05) is 19.4 Å². The zero-order valence-corrected chi connectivity index (χ0v) is 13.9. The minimum absolute atomic E-state index is 0.0251. The van der Waals surface area contributed by atoms with E-state index in [4.69, 9.17) is 4.84 Å². The Labute approximate surface area is 136 Å². The van der Waals surface area contributed by atoms with E-state index in [-0.39, 0.29) is 24.5 Å². The number of benzene rings is 1. The average Bonchev–Trinajstić information content (AvgIpc) is 2.85. The van der Waals surface area contributed by atoms with Gasteiger partial charge in [-0.3, -0.25) is 9.63 Å². The summed E-state index contributed by atoms with van der Waals surface area (Å²) in [6.07, 6.45) is 2.49. The summed E-state index contributed by atoms with van der Waals surface area (Å²) in [5.74, 6) is -1.16. The van der Waals surface area contributed by atoms with Gasteiger partial charge in [-0.25, -0.2) is 8.78 Å². The third-order valence-corrected chi connectivity index (χ3v) is 4.24. The first-order valence-corrected chi connectivity index (χ1v) is 8.00. The fourth-order valence-corrected chi connectivity index (χ4v) is 2.83. The van der Waals surface area contributed by atoms with Gasteiger partial charge in [0.05, 0.1) is 18.6 Å². The first-order chi connectivity index (χ1) is 10.9. The number of carbonyl (C=O) groups is 1. The number of rotatable bonds is 6. The van der Waals surface area contributed by atoms with Crippen LogP contribution in [0, 0.1) is 11.6 Å². The smallest absolute Gasteiger partial charge is 0.225 e. The number of hydrogen-bond acceptors (Lipinski definition) is 3. The van der Waals surface area contributed by atoms with E-state index in [1.54, 1.807) is 24.1 Å². The molecule has 0 aromatic heterocycles. The van der Waals surface area contributed by atoms with Gasteiger partial charge in [0.2, 0.25) is 5.91 Å². The highest BCUT2D eigenvalue weighted by Gasteiger charge is 2.35. The van der Waals surface area contributed by atoms with Crippen molar-refractivity contribution in [2.75, 3.05) is 20.6 Å². The van der Waals surface area contributed by atoms with Crippen molar-refractivity contribution in [2.45, 2.75) is 44.8 Å². The Kier molecular flexibility index (Phi) is 6.07. The molecule has 2 unspecified atom stereocenters. The molecule has 1 heterocycles. The fraction of sp³-hybridized carbons (Fsp3) is 0.588. The van der Waals surface area contributed by atoms with Crippen LogP contribution >= 0.6 is 0 Å². The van der Waals surface area contributed by atoms with Crippen LogP contribution in [0.25, 0.3) is 0 Å². The van der Waals surface area contributed by atoms with E-state index >= 15 is 0 Å². The lowest BCUT2D eigenvalue weighted by molar-refractivity contribution is -0.155. The van der Waals surface area contributed by atoms with E-state index in [9.17, 15) is 13.6 Å². The second kappa shape index (κ2) is 7.84. The third-order valence-electron chi connectivity index (χ3n) is 4.24. The molecule has 1 amide bonds. The molecule has 0 spiro atoms. The zero-order chi connectivity index (χ0) is 17.0. The Morgan fingerprint density at radius 1 is 1.43 bits per heavy atom. The highest BCUT2D eigenvalue weighted by Crippen LogP contribution is 2.35. The van der Waals surface area contributed by atoms with Crippen LogP contribution in [0.15, 0.2) is 18.2 Å². The van der Waals surface area contributed by atoms with E-state index in [0.29, 0.717) is 12.0 Å². The topological polar surface area (TPSA) is 32.8 Å². The molecule has 2 atom stereocenters. The summed E-state index contributed by atoms with van der Waals surface area (Å²) in [5.41, 5.74) is 0.392. The summed E-state index contributed by atoms with van der Waals surface area (Å²) in [7, 11) is 3.49. The van der Waals surface area contributed by atoms with Gasteiger partial charge in [-0.2, -0.15) is 5.06 Å². The molecule has 6 heteroatoms. The number of hydrogen-bond donors (Lipinski definition) is 0. The quantitative estimate of drug-likeness (QED) is 0.804. The minimum Gasteiger partial charge on any atom is -0.346 e. The third kappa shape index (κ3) is 4.48. The van der Waals surface area contributed by atoms with Crippen LogP contribution in [0.2, 0.25) is 0 Å². The van der Waals surface area contributed by atoms with Crippen LogP contribution in [0.3, 0.4) is 0 Å². The molecule has 4 nitrogen and oxygen atoms in total. The molecular weight excluding hydrogens is 302 g/mol. The molecule has 23 heavy (non-hydrogen) atoms. The molecule has 128 valence electrons. The van der Waals surface area contributed by atoms with Crippen LogP contribution < -0.4 is 0 Å². The van der Waals surface area contributed by atoms with E-state index in [1.165, 1.54) is 12.1 Å². The summed E-state index contributed by atoms with van der Waals surface area (Å²) >= 11 is 0. The predicted octanol–water partition coefficient (Wildman–Crippen LogP) is 3.29. The monoisotopic (exact) mass is 326 g/mol. The summed E-state index contributed by atoms with van der Waals surface area (Å²) in [6, 6.07) is 3.24. The highest BCUT2D eigenvalue weighted by atomic mass is 19.1. The normalized spacial score (nSPS) is 21.6. The second-order valence-corrected chi connectivity index (χ2v) is 6.06. The van der Waals surface area contributed by atoms with Crippen LogP contribution in [-0.4, -0.2) is 42.6 Å². The molecule has 1 fully saturated rings. The Morgan fingerprint density at radius 2 is 2.17 bits per heavy atom. The van der Waals surface area contributed by atoms with Crippen molar-refractivity contribution >= 4 is 5.91 Å². The summed E-state index contributed by atoms with van der Waals surface area (Å²) in [5, 5.41) is 1.56. The number of amides is 1. The van der Waals surface area contributed by atoms with Crippen LogP contribution in [-0.2, 0) is 9.63 Å². The lowest BCUT2D eigenvalue weighted by Gasteiger charge is -2.19. The molecule has 1 aliphatic heterocycles. The molecular formula is C17H24F2N2O2. The van der Waals surface area contributed by atoms with Crippen molar-refractivity contribution < 1.29 is 18.4 Å². The standard InChI is InChI=1S/C17H24F2N2O2/c1-4-5-8-20(2)17(22)11-13-10-16(21(3)23-13)14-7-6-12(18)9-15(14)19/h6-7,9,13,16H,4-5,8,10-11H2,1-3H3. The summed E-state index contributed by atoms with van der Waals surface area (Å²) in [4.78, 5) is 19.5. The van der Waals surface area contributed by atoms with Crippen molar-refractivity contribution in [1.29, 1.82) is 0 Å². The van der Waals surface area contributed by atoms with Crippen molar-refractivity contribution in [2.24, 2.45) is 0 Å². The molecule has 1 aromatic carbocycles. The fourth-order valence-electron chi connectivity index (χ4n) is 2.83. The number of carbonyl (C=O) groups excluding carboxylic acids is 1. The Balaban J connectivity index is 1.97. The lowest BCUT2D eigenvalue weighted by atomic mass is 9.99. The molecule has 0 aliphatic carbocycles. The molecule has 0 bridgehead atoms. The van der Waals surface area contributed by atoms with Crippen LogP contribution in [0.5, 0.6) is 0 Å². The van der Waals surface area contributed by atoms with E-state index in [2.05, 4.69) is 6.92 Å². The molecule has 1 saturated heterocycles. The van der Waals surface area contributed by atoms with Crippen molar-refractivity contribution in [1.82, 2.24) is 9.96 Å². The van der Waals surface area contributed by atoms with Gasteiger partial charge >= 0.3 is 0 Å². The Hall–Kier alpha value is -1.53. The molecule has 0 N–H and O–H groups in total. The van der Waals surface area contributed by atoms with Crippen molar-refractivity contribution in [3.8, 4) is 0 Å². The highest BCUT2D eigenvalue weighted by molar-refractivity contribution is 5.76. The summed E-state index contributed by atoms with van der Waals surface area (Å²) in [6.45, 7) is 2.81. The number of unbranched alkanes of at least 4 members (excludes halogenated alkanes) is 1. The molecule has 0 saturated carbocycles. The van der Waals surface area contributed by atoms with Crippen molar-refractivity contribution in [3.05, 3.63) is 35.4 Å². The second-order valence-electron chi connectivity index (χ2n) is 6.06. The molecule has 0 radical (unpaired) electrons. The maximum absolute atomic E-state index is 13.9. The average molecular weight is 326 g/mol. The largest absolute Gasteiger partial charge is 0.346 e. The van der Waals surface area contributed by atoms with Gasteiger partial charge in [-0.15, -0.1) is 0 Å². The van der Waals surface area contributed by atoms with E-state index in [1.807, 2.05) is 0 Å². The summed E-state index contributed by atoms with van der Waals surface area (Å²) < 4.78 is 27.0. The minimum atomic E-state index is -0.600. The van der Waals surface area contributed by atoms with Crippen LogP contribution in [0.4, 0.5) is 8.78 Å². The first kappa shape index (κ1) is 17.8. The SMILES string of the molecule is CCCCN(C)C(=O)CC1CC(c2ccc(F)cc2F)N(C)O1. The van der Waals surface area contributed by atoms with Crippen molar-refractivity contribution in [3.63, 3.8) is 0 Å². The van der Waals surface area contributed by atoms with E-state index in [0.717, 1.165) is 25.5 Å². The van der Waals surface area contributed by atoms with E-state index < -0.39 is 11.6 Å². The molecule has 1 aromatic rings. The van der Waals surface area contributed by atoms with Gasteiger partial charge in [0.15, 0.2) is 0 Å². The van der Waals surface area contributed by atoms with Crippen LogP contribution in [0.1, 0.15) is 44.2 Å². The maximum Gasteiger partial charge on any atom is 0.225 e. The maximum atomic E-state index is 13.9. The number of hydroxylamine groups is 2. The van der Waals surface area contributed by atoms with Gasteiger partial charge in [0.25, 0.3) is 0 Å². The Morgan fingerprint density at radius 3 is 2.83 bits per heavy atom.